The van der Waals surface area contributed by atoms with Crippen LogP contribution in [0.4, 0.5) is 0 Å². The Balaban J connectivity index is 0.000000606. The largest absolute Gasteiger partial charge is 0.496 e. The first-order valence-corrected chi connectivity index (χ1v) is 5.30. The van der Waals surface area contributed by atoms with E-state index in [0.29, 0.717) is 0 Å². The van der Waals surface area contributed by atoms with Crippen LogP contribution < -0.4 is 4.74 Å². The molecule has 84 valence electrons. The third-order valence-electron chi connectivity index (χ3n) is 1.98. The van der Waals surface area contributed by atoms with Crippen molar-refractivity contribution >= 4 is 0 Å². The van der Waals surface area contributed by atoms with Gasteiger partial charge in [0.1, 0.15) is 12.1 Å². The van der Waals surface area contributed by atoms with E-state index < -0.39 is 0 Å². The maximum atomic E-state index is 5.24. The van der Waals surface area contributed by atoms with Crippen LogP contribution in [0, 0.1) is 0 Å². The molecule has 0 aliphatic carbocycles. The molecule has 0 N–H and O–H groups in total. The Labute approximate surface area is 96.1 Å². The Morgan fingerprint density at radius 2 is 1.62 bits per heavy atom. The van der Waals surface area contributed by atoms with Gasteiger partial charge in [-0.05, 0) is 6.07 Å². The van der Waals surface area contributed by atoms with Crippen LogP contribution in [0.5, 0.6) is 5.75 Å². The molecular weight excluding hydrogens is 200 g/mol. The zero-order valence-electron chi connectivity index (χ0n) is 9.84. The van der Waals surface area contributed by atoms with Crippen molar-refractivity contribution in [2.24, 2.45) is 0 Å². The van der Waals surface area contributed by atoms with Gasteiger partial charge in [-0.1, -0.05) is 32.0 Å². The van der Waals surface area contributed by atoms with E-state index >= 15 is 0 Å². The lowest BCUT2D eigenvalue weighted by molar-refractivity contribution is 0.416. The molecule has 1 heterocycles. The average molecular weight is 216 g/mol. The molecule has 0 bridgehead atoms. The minimum atomic E-state index is 0.835. The van der Waals surface area contributed by atoms with Crippen LogP contribution in [0.3, 0.4) is 0 Å². The van der Waals surface area contributed by atoms with E-state index in [9.17, 15) is 0 Å². The molecule has 0 atom stereocenters. The van der Waals surface area contributed by atoms with Crippen LogP contribution in [0.15, 0.2) is 43.0 Å². The Bertz CT molecular complexity index is 415. The summed E-state index contributed by atoms with van der Waals surface area (Å²) in [5, 5.41) is 0. The summed E-state index contributed by atoms with van der Waals surface area (Å²) in [4.78, 5) is 7.94. The van der Waals surface area contributed by atoms with E-state index in [4.69, 9.17) is 4.74 Å². The van der Waals surface area contributed by atoms with Crippen LogP contribution in [0.25, 0.3) is 11.1 Å². The lowest BCUT2D eigenvalue weighted by Gasteiger charge is -2.06. The summed E-state index contributed by atoms with van der Waals surface area (Å²) < 4.78 is 5.24. The summed E-state index contributed by atoms with van der Waals surface area (Å²) in [6, 6.07) is 7.80. The fourth-order valence-electron chi connectivity index (χ4n) is 1.32. The molecule has 2 rings (SSSR count). The quantitative estimate of drug-likeness (QED) is 0.773. The first-order chi connectivity index (χ1) is 7.92. The van der Waals surface area contributed by atoms with Gasteiger partial charge in [0.15, 0.2) is 0 Å². The van der Waals surface area contributed by atoms with Gasteiger partial charge in [0.2, 0.25) is 0 Å². The minimum absolute atomic E-state index is 0.835. The fourth-order valence-corrected chi connectivity index (χ4v) is 1.32. The van der Waals surface area contributed by atoms with Crippen molar-refractivity contribution in [3.05, 3.63) is 43.0 Å². The molecule has 16 heavy (non-hydrogen) atoms. The predicted molar refractivity (Wildman–Crippen MR) is 65.4 cm³/mol. The number of benzene rings is 1. The first kappa shape index (κ1) is 12.2. The zero-order chi connectivity index (χ0) is 11.8. The number of nitrogens with zero attached hydrogens (tertiary/aromatic N) is 2. The molecular formula is C13H16N2O. The van der Waals surface area contributed by atoms with E-state index in [2.05, 4.69) is 9.97 Å². The molecule has 1 aromatic carbocycles. The van der Waals surface area contributed by atoms with Crippen molar-refractivity contribution in [3.8, 4) is 16.9 Å². The van der Waals surface area contributed by atoms with Crippen molar-refractivity contribution in [3.63, 3.8) is 0 Å². The summed E-state index contributed by atoms with van der Waals surface area (Å²) in [5.41, 5.74) is 1.97. The monoisotopic (exact) mass is 216 g/mol. The lowest BCUT2D eigenvalue weighted by Crippen LogP contribution is -1.88. The Hall–Kier alpha value is -1.90. The number of para-hydroxylation sites is 1. The average Bonchev–Trinajstić information content (AvgIpc) is 2.42. The summed E-state index contributed by atoms with van der Waals surface area (Å²) in [7, 11) is 1.66. The molecule has 0 saturated heterocycles. The Kier molecular flexibility index (Phi) is 4.99. The number of rotatable bonds is 2. The second-order valence-electron chi connectivity index (χ2n) is 2.83. The van der Waals surface area contributed by atoms with Crippen molar-refractivity contribution in [2.45, 2.75) is 13.8 Å². The molecule has 0 spiro atoms. The van der Waals surface area contributed by atoms with Crippen LogP contribution in [-0.4, -0.2) is 17.1 Å². The highest BCUT2D eigenvalue weighted by atomic mass is 16.5. The molecule has 0 amide bonds. The van der Waals surface area contributed by atoms with Crippen molar-refractivity contribution in [1.29, 1.82) is 0 Å². The fraction of sp³-hybridized carbons (Fsp3) is 0.231. The second-order valence-corrected chi connectivity index (χ2v) is 2.83. The molecule has 0 saturated carbocycles. The Morgan fingerprint density at radius 1 is 1.00 bits per heavy atom. The molecule has 2 aromatic rings. The van der Waals surface area contributed by atoms with Crippen LogP contribution in [0.2, 0.25) is 0 Å². The third kappa shape index (κ3) is 2.79. The number of hydrogen-bond acceptors (Lipinski definition) is 3. The van der Waals surface area contributed by atoms with Crippen molar-refractivity contribution < 1.29 is 4.74 Å². The van der Waals surface area contributed by atoms with Gasteiger partial charge in [-0.15, -0.1) is 0 Å². The minimum Gasteiger partial charge on any atom is -0.496 e. The van der Waals surface area contributed by atoms with Crippen molar-refractivity contribution in [1.82, 2.24) is 9.97 Å². The highest BCUT2D eigenvalue weighted by Gasteiger charge is 2.03. The number of aromatic nitrogens is 2. The van der Waals surface area contributed by atoms with Gasteiger partial charge in [-0.2, -0.15) is 0 Å². The van der Waals surface area contributed by atoms with E-state index in [1.54, 1.807) is 19.5 Å². The van der Waals surface area contributed by atoms with Gasteiger partial charge < -0.3 is 4.74 Å². The molecule has 0 unspecified atom stereocenters. The first-order valence-electron chi connectivity index (χ1n) is 5.30. The van der Waals surface area contributed by atoms with Gasteiger partial charge >= 0.3 is 0 Å². The predicted octanol–water partition coefficient (Wildman–Crippen LogP) is 3.18. The normalized spacial score (nSPS) is 8.94. The van der Waals surface area contributed by atoms with Gasteiger partial charge in [-0.3, -0.25) is 0 Å². The molecule has 0 aliphatic rings. The van der Waals surface area contributed by atoms with E-state index in [1.807, 2.05) is 38.1 Å². The topological polar surface area (TPSA) is 35.0 Å². The molecule has 0 aliphatic heterocycles. The lowest BCUT2D eigenvalue weighted by atomic mass is 10.1. The maximum Gasteiger partial charge on any atom is 0.126 e. The standard InChI is InChI=1S/C11H10N2O.C2H6/c1-14-11-5-3-2-4-10(11)9-6-12-8-13-7-9;1-2/h2-8H,1H3;1-2H3. The highest BCUT2D eigenvalue weighted by Crippen LogP contribution is 2.27. The zero-order valence-corrected chi connectivity index (χ0v) is 9.84. The number of ether oxygens (including phenoxy) is 1. The van der Waals surface area contributed by atoms with Gasteiger partial charge in [0, 0.05) is 23.5 Å². The van der Waals surface area contributed by atoms with Crippen LogP contribution in [0.1, 0.15) is 13.8 Å². The smallest absolute Gasteiger partial charge is 0.126 e. The van der Waals surface area contributed by atoms with E-state index in [-0.39, 0.29) is 0 Å². The van der Waals surface area contributed by atoms with Crippen LogP contribution >= 0.6 is 0 Å². The molecule has 0 fully saturated rings. The number of methoxy groups -OCH3 is 1. The molecule has 1 aromatic heterocycles. The Morgan fingerprint density at radius 3 is 2.25 bits per heavy atom. The van der Waals surface area contributed by atoms with Gasteiger partial charge in [0.05, 0.1) is 7.11 Å². The van der Waals surface area contributed by atoms with E-state index in [0.717, 1.165) is 16.9 Å². The third-order valence-corrected chi connectivity index (χ3v) is 1.98. The SMILES string of the molecule is CC.COc1ccccc1-c1cncnc1. The molecule has 0 radical (unpaired) electrons. The maximum absolute atomic E-state index is 5.24. The molecule has 3 heteroatoms. The molecule has 3 nitrogen and oxygen atoms in total. The summed E-state index contributed by atoms with van der Waals surface area (Å²) in [5.74, 6) is 0.835. The van der Waals surface area contributed by atoms with Crippen LogP contribution in [-0.2, 0) is 0 Å². The number of hydrogen-bond donors (Lipinski definition) is 0. The van der Waals surface area contributed by atoms with E-state index in [1.165, 1.54) is 6.33 Å². The highest BCUT2D eigenvalue weighted by molar-refractivity contribution is 5.68. The summed E-state index contributed by atoms with van der Waals surface area (Å²) >= 11 is 0. The van der Waals surface area contributed by atoms with Crippen molar-refractivity contribution in [2.75, 3.05) is 7.11 Å². The summed E-state index contributed by atoms with van der Waals surface area (Å²) in [6.45, 7) is 4.00. The van der Waals surface area contributed by atoms with Gasteiger partial charge in [0.25, 0.3) is 0 Å². The second kappa shape index (κ2) is 6.56. The van der Waals surface area contributed by atoms with Gasteiger partial charge in [-0.25, -0.2) is 9.97 Å². The summed E-state index contributed by atoms with van der Waals surface area (Å²) in [6.07, 6.45) is 5.05.